The Labute approximate surface area is 120 Å². The molecule has 2 saturated carbocycles. The van der Waals surface area contributed by atoms with Crippen LogP contribution in [0.2, 0.25) is 0 Å². The van der Waals surface area contributed by atoms with Gasteiger partial charge in [0, 0.05) is 19.1 Å². The van der Waals surface area contributed by atoms with Gasteiger partial charge in [-0.3, -0.25) is 9.59 Å². The number of amides is 1. The minimum absolute atomic E-state index is 0.00890. The molecular weight excluding hydrogens is 258 g/mol. The molecule has 114 valence electrons. The number of carbonyl (C=O) groups excluding carboxylic acids is 1. The zero-order valence-corrected chi connectivity index (χ0v) is 12.0. The van der Waals surface area contributed by atoms with Crippen LogP contribution in [0.4, 0.5) is 0 Å². The highest BCUT2D eigenvalue weighted by atomic mass is 16.5. The van der Waals surface area contributed by atoms with E-state index in [4.69, 9.17) is 9.84 Å². The van der Waals surface area contributed by atoms with Crippen LogP contribution in [0, 0.1) is 11.8 Å². The first-order valence-corrected chi connectivity index (χ1v) is 7.79. The highest BCUT2D eigenvalue weighted by Crippen LogP contribution is 2.31. The SMILES string of the molecule is O=C(O)[C@@H]1CC[C@H](C(=O)NCCCOC2CCCC2)C1. The molecule has 2 N–H and O–H groups in total. The summed E-state index contributed by atoms with van der Waals surface area (Å²) >= 11 is 0. The quantitative estimate of drug-likeness (QED) is 0.700. The summed E-state index contributed by atoms with van der Waals surface area (Å²) in [5, 5.41) is 11.8. The van der Waals surface area contributed by atoms with E-state index in [1.807, 2.05) is 0 Å². The third-order valence-corrected chi connectivity index (χ3v) is 4.43. The van der Waals surface area contributed by atoms with E-state index in [2.05, 4.69) is 5.32 Å². The lowest BCUT2D eigenvalue weighted by Gasteiger charge is -2.13. The van der Waals surface area contributed by atoms with Crippen LogP contribution in [0.3, 0.4) is 0 Å². The fourth-order valence-corrected chi connectivity index (χ4v) is 3.18. The van der Waals surface area contributed by atoms with E-state index in [-0.39, 0.29) is 17.7 Å². The maximum Gasteiger partial charge on any atom is 0.306 e. The first kappa shape index (κ1) is 15.3. The molecule has 2 atom stereocenters. The summed E-state index contributed by atoms with van der Waals surface area (Å²) in [6.07, 6.45) is 7.95. The third kappa shape index (κ3) is 4.47. The van der Waals surface area contributed by atoms with E-state index in [0.717, 1.165) is 6.42 Å². The van der Waals surface area contributed by atoms with Gasteiger partial charge in [0.05, 0.1) is 12.0 Å². The summed E-state index contributed by atoms with van der Waals surface area (Å²) in [5.74, 6) is -1.22. The molecule has 1 amide bonds. The highest BCUT2D eigenvalue weighted by molar-refractivity contribution is 5.80. The number of hydrogen-bond donors (Lipinski definition) is 2. The van der Waals surface area contributed by atoms with Crippen molar-refractivity contribution in [3.8, 4) is 0 Å². The summed E-state index contributed by atoms with van der Waals surface area (Å²) in [6, 6.07) is 0. The normalized spacial score (nSPS) is 26.8. The minimum Gasteiger partial charge on any atom is -0.481 e. The molecule has 2 fully saturated rings. The Balaban J connectivity index is 1.53. The Morgan fingerprint density at radius 1 is 1.10 bits per heavy atom. The predicted molar refractivity (Wildman–Crippen MR) is 74.3 cm³/mol. The molecule has 0 aliphatic heterocycles. The van der Waals surface area contributed by atoms with Gasteiger partial charge in [0.25, 0.3) is 0 Å². The van der Waals surface area contributed by atoms with Crippen molar-refractivity contribution in [2.75, 3.05) is 13.2 Å². The maximum atomic E-state index is 11.9. The van der Waals surface area contributed by atoms with Crippen LogP contribution in [0.25, 0.3) is 0 Å². The average molecular weight is 283 g/mol. The Morgan fingerprint density at radius 3 is 2.45 bits per heavy atom. The Kier molecular flexibility index (Phi) is 5.83. The molecule has 0 heterocycles. The number of aliphatic carboxylic acids is 1. The number of carboxylic acids is 1. The zero-order valence-electron chi connectivity index (χ0n) is 12.0. The Morgan fingerprint density at radius 2 is 1.80 bits per heavy atom. The predicted octanol–water partition coefficient (Wildman–Crippen LogP) is 1.95. The van der Waals surface area contributed by atoms with Crippen molar-refractivity contribution in [3.05, 3.63) is 0 Å². The number of carboxylic acid groups (broad SMARTS) is 1. The molecule has 5 heteroatoms. The molecule has 0 aromatic rings. The van der Waals surface area contributed by atoms with Gasteiger partial charge in [-0.25, -0.2) is 0 Å². The van der Waals surface area contributed by atoms with Crippen molar-refractivity contribution in [3.63, 3.8) is 0 Å². The van der Waals surface area contributed by atoms with Crippen LogP contribution in [-0.2, 0) is 14.3 Å². The zero-order chi connectivity index (χ0) is 14.4. The van der Waals surface area contributed by atoms with Crippen LogP contribution < -0.4 is 5.32 Å². The van der Waals surface area contributed by atoms with Gasteiger partial charge in [0.2, 0.25) is 5.91 Å². The second-order valence-electron chi connectivity index (χ2n) is 5.97. The summed E-state index contributed by atoms with van der Waals surface area (Å²) in [7, 11) is 0. The van der Waals surface area contributed by atoms with Crippen molar-refractivity contribution < 1.29 is 19.4 Å². The summed E-state index contributed by atoms with van der Waals surface area (Å²) in [4.78, 5) is 22.7. The Bertz CT molecular complexity index is 339. The van der Waals surface area contributed by atoms with Gasteiger partial charge in [0.1, 0.15) is 0 Å². The maximum absolute atomic E-state index is 11.9. The molecule has 2 aliphatic rings. The third-order valence-electron chi connectivity index (χ3n) is 4.43. The minimum atomic E-state index is -0.773. The topological polar surface area (TPSA) is 75.6 Å². The van der Waals surface area contributed by atoms with E-state index < -0.39 is 5.97 Å². The van der Waals surface area contributed by atoms with E-state index in [1.165, 1.54) is 25.7 Å². The molecule has 2 aliphatic carbocycles. The van der Waals surface area contributed by atoms with Gasteiger partial charge in [-0.1, -0.05) is 12.8 Å². The number of carbonyl (C=O) groups is 2. The summed E-state index contributed by atoms with van der Waals surface area (Å²) < 4.78 is 5.73. The summed E-state index contributed by atoms with van der Waals surface area (Å²) in [5.41, 5.74) is 0. The lowest BCUT2D eigenvalue weighted by Crippen LogP contribution is -2.31. The van der Waals surface area contributed by atoms with Crippen LogP contribution in [0.5, 0.6) is 0 Å². The van der Waals surface area contributed by atoms with Crippen molar-refractivity contribution in [2.45, 2.75) is 57.5 Å². The molecule has 0 aromatic carbocycles. The largest absolute Gasteiger partial charge is 0.481 e. The van der Waals surface area contributed by atoms with Gasteiger partial charge in [-0.2, -0.15) is 0 Å². The van der Waals surface area contributed by atoms with E-state index in [0.29, 0.717) is 38.5 Å². The molecule has 0 bridgehead atoms. The molecular formula is C15H25NO4. The fourth-order valence-electron chi connectivity index (χ4n) is 3.18. The lowest BCUT2D eigenvalue weighted by atomic mass is 10.0. The van der Waals surface area contributed by atoms with E-state index in [1.54, 1.807) is 0 Å². The second kappa shape index (κ2) is 7.62. The van der Waals surface area contributed by atoms with E-state index in [9.17, 15) is 9.59 Å². The van der Waals surface area contributed by atoms with Crippen LogP contribution >= 0.6 is 0 Å². The average Bonchev–Trinajstić information content (AvgIpc) is 3.09. The Hall–Kier alpha value is -1.10. The van der Waals surface area contributed by atoms with Gasteiger partial charge in [-0.05, 0) is 38.5 Å². The van der Waals surface area contributed by atoms with Crippen molar-refractivity contribution in [1.29, 1.82) is 0 Å². The van der Waals surface area contributed by atoms with Gasteiger partial charge in [-0.15, -0.1) is 0 Å². The molecule has 20 heavy (non-hydrogen) atoms. The number of hydrogen-bond acceptors (Lipinski definition) is 3. The monoisotopic (exact) mass is 283 g/mol. The molecule has 0 aromatic heterocycles. The van der Waals surface area contributed by atoms with Gasteiger partial charge >= 0.3 is 5.97 Å². The standard InChI is InChI=1S/C15H25NO4/c17-14(11-6-7-12(10-11)15(18)19)16-8-3-9-20-13-4-1-2-5-13/h11-13H,1-10H2,(H,16,17)(H,18,19)/t11-,12+/m0/s1. The van der Waals surface area contributed by atoms with Crippen LogP contribution in [0.1, 0.15) is 51.4 Å². The van der Waals surface area contributed by atoms with E-state index >= 15 is 0 Å². The van der Waals surface area contributed by atoms with Crippen molar-refractivity contribution >= 4 is 11.9 Å². The first-order chi connectivity index (χ1) is 9.66. The molecule has 0 radical (unpaired) electrons. The molecule has 2 rings (SSSR count). The van der Waals surface area contributed by atoms with Crippen LogP contribution in [-0.4, -0.2) is 36.2 Å². The first-order valence-electron chi connectivity index (χ1n) is 7.79. The van der Waals surface area contributed by atoms with Crippen molar-refractivity contribution in [1.82, 2.24) is 5.32 Å². The number of ether oxygens (including phenoxy) is 1. The highest BCUT2D eigenvalue weighted by Gasteiger charge is 2.33. The van der Waals surface area contributed by atoms with Crippen molar-refractivity contribution in [2.24, 2.45) is 11.8 Å². The second-order valence-corrected chi connectivity index (χ2v) is 5.97. The molecule has 5 nitrogen and oxygen atoms in total. The molecule has 0 saturated heterocycles. The van der Waals surface area contributed by atoms with Gasteiger partial charge in [0.15, 0.2) is 0 Å². The number of nitrogens with one attached hydrogen (secondary N) is 1. The molecule has 0 unspecified atom stereocenters. The number of rotatable bonds is 7. The lowest BCUT2D eigenvalue weighted by molar-refractivity contribution is -0.141. The fraction of sp³-hybridized carbons (Fsp3) is 0.867. The van der Waals surface area contributed by atoms with Crippen LogP contribution in [0.15, 0.2) is 0 Å². The molecule has 0 spiro atoms. The smallest absolute Gasteiger partial charge is 0.306 e. The van der Waals surface area contributed by atoms with Gasteiger partial charge < -0.3 is 15.2 Å². The summed E-state index contributed by atoms with van der Waals surface area (Å²) in [6.45, 7) is 1.33.